The minimum atomic E-state index is -0.683. The summed E-state index contributed by atoms with van der Waals surface area (Å²) in [6.45, 7) is 1.66. The molecule has 7 heteroatoms. The lowest BCUT2D eigenvalue weighted by molar-refractivity contribution is -0.119. The topological polar surface area (TPSA) is 88.5 Å². The van der Waals surface area contributed by atoms with E-state index < -0.39 is 18.5 Å². The van der Waals surface area contributed by atoms with Gasteiger partial charge in [-0.3, -0.25) is 10.1 Å². The minimum Gasteiger partial charge on any atom is -0.508 e. The van der Waals surface area contributed by atoms with Crippen LogP contribution in [0.25, 0.3) is 11.3 Å². The number of ether oxygens (including phenoxy) is 1. The van der Waals surface area contributed by atoms with Crippen LogP contribution in [0.1, 0.15) is 22.8 Å². The predicted molar refractivity (Wildman–Crippen MR) is 104 cm³/mol. The van der Waals surface area contributed by atoms with Crippen molar-refractivity contribution in [3.63, 3.8) is 0 Å². The number of aryl methyl sites for hydroxylation is 1. The van der Waals surface area contributed by atoms with Crippen LogP contribution in [0.15, 0.2) is 53.9 Å². The highest BCUT2D eigenvalue weighted by molar-refractivity contribution is 7.14. The first-order valence-electron chi connectivity index (χ1n) is 8.36. The number of aromatic hydroxyl groups is 1. The molecule has 0 unspecified atom stereocenters. The number of carbonyl (C=O) groups is 2. The number of hydrogen-bond acceptors (Lipinski definition) is 6. The molecule has 0 atom stereocenters. The zero-order valence-electron chi connectivity index (χ0n) is 14.6. The molecule has 0 saturated heterocycles. The molecule has 0 aliphatic heterocycles. The second-order valence-electron chi connectivity index (χ2n) is 5.76. The number of rotatable bonds is 6. The van der Waals surface area contributed by atoms with Gasteiger partial charge in [0.2, 0.25) is 0 Å². The monoisotopic (exact) mass is 382 g/mol. The van der Waals surface area contributed by atoms with E-state index in [0.717, 1.165) is 17.7 Å². The summed E-state index contributed by atoms with van der Waals surface area (Å²) in [5.74, 6) is -1.21. The molecule has 3 rings (SSSR count). The van der Waals surface area contributed by atoms with Crippen LogP contribution < -0.4 is 5.32 Å². The number of thiazole rings is 1. The van der Waals surface area contributed by atoms with Gasteiger partial charge in [-0.1, -0.05) is 37.3 Å². The molecular weight excluding hydrogens is 364 g/mol. The summed E-state index contributed by atoms with van der Waals surface area (Å²) in [6.07, 6.45) is 0.972. The first-order chi connectivity index (χ1) is 13.0. The first kappa shape index (κ1) is 18.6. The maximum absolute atomic E-state index is 12.0. The van der Waals surface area contributed by atoms with E-state index in [2.05, 4.69) is 17.2 Å². The average molecular weight is 382 g/mol. The number of amides is 1. The second-order valence-corrected chi connectivity index (χ2v) is 6.62. The molecular formula is C20H18N2O4S. The van der Waals surface area contributed by atoms with E-state index in [4.69, 9.17) is 4.74 Å². The van der Waals surface area contributed by atoms with Crippen LogP contribution in [0, 0.1) is 0 Å². The van der Waals surface area contributed by atoms with Crippen molar-refractivity contribution in [2.24, 2.45) is 0 Å². The van der Waals surface area contributed by atoms with Crippen molar-refractivity contribution in [3.8, 4) is 17.0 Å². The summed E-state index contributed by atoms with van der Waals surface area (Å²) in [5, 5.41) is 14.3. The van der Waals surface area contributed by atoms with Gasteiger partial charge in [-0.2, -0.15) is 0 Å². The van der Waals surface area contributed by atoms with E-state index in [1.54, 1.807) is 0 Å². The molecule has 0 bridgehead atoms. The Morgan fingerprint density at radius 2 is 1.96 bits per heavy atom. The summed E-state index contributed by atoms with van der Waals surface area (Å²) in [7, 11) is 0. The lowest BCUT2D eigenvalue weighted by Gasteiger charge is -2.05. The number of phenols is 1. The van der Waals surface area contributed by atoms with Crippen molar-refractivity contribution < 1.29 is 19.4 Å². The number of esters is 1. The SMILES string of the molecule is CCc1ccc(-c2csc(NC(=O)COC(=O)c3cccc(O)c3)n2)cc1. The molecule has 1 heterocycles. The van der Waals surface area contributed by atoms with Gasteiger partial charge in [0.1, 0.15) is 5.75 Å². The highest BCUT2D eigenvalue weighted by Crippen LogP contribution is 2.25. The predicted octanol–water partition coefficient (Wildman–Crippen LogP) is 3.87. The van der Waals surface area contributed by atoms with Gasteiger partial charge in [0.15, 0.2) is 11.7 Å². The van der Waals surface area contributed by atoms with Crippen LogP contribution in [0.2, 0.25) is 0 Å². The van der Waals surface area contributed by atoms with E-state index in [1.165, 1.54) is 41.2 Å². The van der Waals surface area contributed by atoms with E-state index in [9.17, 15) is 14.7 Å². The molecule has 0 saturated carbocycles. The Kier molecular flexibility index (Phi) is 5.83. The first-order valence-corrected chi connectivity index (χ1v) is 9.24. The fraction of sp³-hybridized carbons (Fsp3) is 0.150. The van der Waals surface area contributed by atoms with Gasteiger partial charge in [-0.15, -0.1) is 11.3 Å². The molecule has 0 spiro atoms. The quantitative estimate of drug-likeness (QED) is 0.632. The Hall–Kier alpha value is -3.19. The third-order valence-electron chi connectivity index (χ3n) is 3.82. The number of anilines is 1. The minimum absolute atomic E-state index is 0.0452. The second kappa shape index (κ2) is 8.46. The van der Waals surface area contributed by atoms with Gasteiger partial charge in [0.25, 0.3) is 5.91 Å². The van der Waals surface area contributed by atoms with Crippen molar-refractivity contribution in [1.29, 1.82) is 0 Å². The van der Waals surface area contributed by atoms with Gasteiger partial charge in [0.05, 0.1) is 11.3 Å². The van der Waals surface area contributed by atoms with Crippen LogP contribution in [0.5, 0.6) is 5.75 Å². The van der Waals surface area contributed by atoms with E-state index in [-0.39, 0.29) is 11.3 Å². The van der Waals surface area contributed by atoms with Crippen molar-refractivity contribution in [3.05, 3.63) is 65.0 Å². The zero-order chi connectivity index (χ0) is 19.2. The number of nitrogens with one attached hydrogen (secondary N) is 1. The molecule has 3 aromatic rings. The Bertz CT molecular complexity index is 951. The third-order valence-corrected chi connectivity index (χ3v) is 4.58. The number of nitrogens with zero attached hydrogens (tertiary/aromatic N) is 1. The van der Waals surface area contributed by atoms with Gasteiger partial charge in [0, 0.05) is 10.9 Å². The van der Waals surface area contributed by atoms with Gasteiger partial charge in [-0.05, 0) is 30.2 Å². The largest absolute Gasteiger partial charge is 0.508 e. The standard InChI is InChI=1S/C20H18N2O4S/c1-2-13-6-8-14(9-7-13)17-12-27-20(21-17)22-18(24)11-26-19(25)15-4-3-5-16(23)10-15/h3-10,12,23H,2,11H2,1H3,(H,21,22,24). The van der Waals surface area contributed by atoms with Crippen molar-refractivity contribution in [1.82, 2.24) is 4.98 Å². The molecule has 2 N–H and O–H groups in total. The smallest absolute Gasteiger partial charge is 0.338 e. The van der Waals surface area contributed by atoms with E-state index >= 15 is 0 Å². The van der Waals surface area contributed by atoms with E-state index in [1.807, 2.05) is 29.6 Å². The highest BCUT2D eigenvalue weighted by Gasteiger charge is 2.12. The van der Waals surface area contributed by atoms with Gasteiger partial charge < -0.3 is 9.84 Å². The van der Waals surface area contributed by atoms with Crippen molar-refractivity contribution in [2.75, 3.05) is 11.9 Å². The highest BCUT2D eigenvalue weighted by atomic mass is 32.1. The molecule has 27 heavy (non-hydrogen) atoms. The maximum atomic E-state index is 12.0. The molecule has 0 radical (unpaired) electrons. The molecule has 0 fully saturated rings. The summed E-state index contributed by atoms with van der Waals surface area (Å²) in [5.41, 5.74) is 3.17. The van der Waals surface area contributed by atoms with Crippen molar-refractivity contribution in [2.45, 2.75) is 13.3 Å². The van der Waals surface area contributed by atoms with Crippen LogP contribution in [0.3, 0.4) is 0 Å². The number of benzene rings is 2. The van der Waals surface area contributed by atoms with Crippen LogP contribution in [0.4, 0.5) is 5.13 Å². The van der Waals surface area contributed by atoms with Gasteiger partial charge in [-0.25, -0.2) is 9.78 Å². The van der Waals surface area contributed by atoms with Crippen LogP contribution in [-0.4, -0.2) is 28.6 Å². The Morgan fingerprint density at radius 1 is 1.19 bits per heavy atom. The molecule has 0 aliphatic rings. The number of carbonyl (C=O) groups excluding carboxylic acids is 2. The third kappa shape index (κ3) is 4.92. The van der Waals surface area contributed by atoms with Gasteiger partial charge >= 0.3 is 5.97 Å². The fourth-order valence-electron chi connectivity index (χ4n) is 2.38. The molecule has 1 aromatic heterocycles. The summed E-state index contributed by atoms with van der Waals surface area (Å²) >= 11 is 1.30. The lowest BCUT2D eigenvalue weighted by atomic mass is 10.1. The van der Waals surface area contributed by atoms with Crippen LogP contribution in [-0.2, 0) is 16.0 Å². The van der Waals surface area contributed by atoms with Crippen molar-refractivity contribution >= 4 is 28.3 Å². The normalized spacial score (nSPS) is 10.4. The summed E-state index contributed by atoms with van der Waals surface area (Å²) in [4.78, 5) is 28.2. The average Bonchev–Trinajstić information content (AvgIpc) is 3.14. The Morgan fingerprint density at radius 3 is 2.67 bits per heavy atom. The molecule has 0 aliphatic carbocycles. The van der Waals surface area contributed by atoms with E-state index in [0.29, 0.717) is 5.13 Å². The molecule has 138 valence electrons. The number of phenolic OH excluding ortho intramolecular Hbond substituents is 1. The fourth-order valence-corrected chi connectivity index (χ4v) is 3.11. The molecule has 2 aromatic carbocycles. The molecule has 6 nitrogen and oxygen atoms in total. The maximum Gasteiger partial charge on any atom is 0.338 e. The lowest BCUT2D eigenvalue weighted by Crippen LogP contribution is -2.20. The summed E-state index contributed by atoms with van der Waals surface area (Å²) in [6, 6.07) is 13.8. The Balaban J connectivity index is 1.55. The number of aromatic nitrogens is 1. The number of hydrogen-bond donors (Lipinski definition) is 2. The zero-order valence-corrected chi connectivity index (χ0v) is 15.5. The summed E-state index contributed by atoms with van der Waals surface area (Å²) < 4.78 is 4.95. The van der Waals surface area contributed by atoms with Crippen LogP contribution >= 0.6 is 11.3 Å². The molecule has 1 amide bonds. The Labute approximate surface area is 160 Å².